The molecule has 2 aromatic rings. The first kappa shape index (κ1) is 16.2. The van der Waals surface area contributed by atoms with Gasteiger partial charge in [-0.05, 0) is 43.4 Å². The lowest BCUT2D eigenvalue weighted by molar-refractivity contribution is 0.453. The molecule has 1 saturated carbocycles. The van der Waals surface area contributed by atoms with E-state index in [9.17, 15) is 4.39 Å². The molecule has 0 radical (unpaired) electrons. The predicted octanol–water partition coefficient (Wildman–Crippen LogP) is 6.19. The van der Waals surface area contributed by atoms with Gasteiger partial charge in [-0.15, -0.1) is 11.8 Å². The smallest absolute Gasteiger partial charge is 0.134 e. The second kappa shape index (κ2) is 6.53. The molecule has 3 unspecified atom stereocenters. The topological polar surface area (TPSA) is 12.4 Å². The molecule has 24 heavy (non-hydrogen) atoms. The number of nitrogens with zero attached hydrogens (tertiary/aromatic N) is 1. The molecule has 2 aromatic carbocycles. The van der Waals surface area contributed by atoms with Crippen LogP contribution in [0.3, 0.4) is 0 Å². The Kier molecular flexibility index (Phi) is 4.40. The summed E-state index contributed by atoms with van der Waals surface area (Å²) in [6.45, 7) is 2.09. The molecule has 0 bridgehead atoms. The normalized spacial score (nSPS) is 26.1. The van der Waals surface area contributed by atoms with E-state index in [1.54, 1.807) is 23.9 Å². The van der Waals surface area contributed by atoms with Crippen molar-refractivity contribution in [1.82, 2.24) is 0 Å². The quantitative estimate of drug-likeness (QED) is 0.622. The zero-order valence-corrected chi connectivity index (χ0v) is 15.1. The Morgan fingerprint density at radius 2 is 1.92 bits per heavy atom. The zero-order valence-electron chi connectivity index (χ0n) is 13.5. The Morgan fingerprint density at radius 3 is 2.67 bits per heavy atom. The van der Waals surface area contributed by atoms with Crippen molar-refractivity contribution in [3.8, 4) is 0 Å². The molecule has 0 saturated heterocycles. The molecule has 1 nitrogen and oxygen atoms in total. The molecule has 2 aliphatic rings. The molecular formula is C20H19ClFNS. The highest BCUT2D eigenvalue weighted by Crippen LogP contribution is 2.49. The largest absolute Gasteiger partial charge is 0.269 e. The molecule has 124 valence electrons. The molecule has 4 rings (SSSR count). The lowest BCUT2D eigenvalue weighted by atomic mass is 9.91. The van der Waals surface area contributed by atoms with Crippen molar-refractivity contribution in [3.05, 3.63) is 70.0 Å². The summed E-state index contributed by atoms with van der Waals surface area (Å²) in [5.74, 6) is 0.250. The number of aryl methyl sites for hydroxylation is 1. The standard InChI is InChI=1S/C20H19ClFNS/c1-12-8-10-13(11-9-12)19-14-4-2-7-17(14)24-20(23-19)18-15(21)5-3-6-16(18)22/h3,5-6,8-11,14,17,19H,2,4,7H2,1H3. The van der Waals surface area contributed by atoms with Crippen LogP contribution in [0.5, 0.6) is 0 Å². The molecule has 1 fully saturated rings. The van der Waals surface area contributed by atoms with Crippen LogP contribution < -0.4 is 0 Å². The van der Waals surface area contributed by atoms with Crippen LogP contribution in [0.1, 0.15) is 42.0 Å². The van der Waals surface area contributed by atoms with E-state index in [1.807, 2.05) is 0 Å². The minimum atomic E-state index is -0.284. The van der Waals surface area contributed by atoms with E-state index < -0.39 is 0 Å². The van der Waals surface area contributed by atoms with E-state index in [-0.39, 0.29) is 11.9 Å². The molecule has 0 N–H and O–H groups in total. The Balaban J connectivity index is 1.80. The second-order valence-corrected chi connectivity index (χ2v) is 8.27. The average Bonchev–Trinajstić information content (AvgIpc) is 3.03. The fourth-order valence-electron chi connectivity index (χ4n) is 3.77. The number of aliphatic imine (C=N–C) groups is 1. The van der Waals surface area contributed by atoms with E-state index in [4.69, 9.17) is 16.6 Å². The fraction of sp³-hybridized carbons (Fsp3) is 0.350. The highest BCUT2D eigenvalue weighted by Gasteiger charge is 2.40. The fourth-order valence-corrected chi connectivity index (χ4v) is 5.61. The predicted molar refractivity (Wildman–Crippen MR) is 101 cm³/mol. The van der Waals surface area contributed by atoms with E-state index >= 15 is 0 Å². The molecule has 1 heterocycles. The summed E-state index contributed by atoms with van der Waals surface area (Å²) >= 11 is 8.00. The first-order valence-electron chi connectivity index (χ1n) is 8.39. The Bertz CT molecular complexity index is 766. The first-order valence-corrected chi connectivity index (χ1v) is 9.64. The van der Waals surface area contributed by atoms with Gasteiger partial charge in [0.15, 0.2) is 0 Å². The molecular weight excluding hydrogens is 341 g/mol. The van der Waals surface area contributed by atoms with Gasteiger partial charge in [0.25, 0.3) is 0 Å². The van der Waals surface area contributed by atoms with Crippen molar-refractivity contribution < 1.29 is 4.39 Å². The summed E-state index contributed by atoms with van der Waals surface area (Å²) in [7, 11) is 0. The van der Waals surface area contributed by atoms with Gasteiger partial charge in [0.1, 0.15) is 10.9 Å². The maximum Gasteiger partial charge on any atom is 0.134 e. The van der Waals surface area contributed by atoms with E-state index in [1.165, 1.54) is 36.5 Å². The van der Waals surface area contributed by atoms with Gasteiger partial charge < -0.3 is 0 Å². The summed E-state index contributed by atoms with van der Waals surface area (Å²) in [5.41, 5.74) is 2.93. The monoisotopic (exact) mass is 359 g/mol. The molecule has 3 atom stereocenters. The van der Waals surface area contributed by atoms with E-state index in [0.717, 1.165) is 5.04 Å². The van der Waals surface area contributed by atoms with E-state index in [0.29, 0.717) is 21.8 Å². The van der Waals surface area contributed by atoms with Crippen molar-refractivity contribution in [3.63, 3.8) is 0 Å². The maximum absolute atomic E-state index is 14.4. The second-order valence-electron chi connectivity index (χ2n) is 6.64. The summed E-state index contributed by atoms with van der Waals surface area (Å²) in [4.78, 5) is 4.97. The number of fused-ring (bicyclic) bond motifs is 1. The van der Waals surface area contributed by atoms with E-state index in [2.05, 4.69) is 31.2 Å². The highest BCUT2D eigenvalue weighted by atomic mass is 35.5. The summed E-state index contributed by atoms with van der Waals surface area (Å²) in [5, 5.41) is 1.70. The molecule has 4 heteroatoms. The van der Waals surface area contributed by atoms with Crippen LogP contribution in [0.15, 0.2) is 47.5 Å². The summed E-state index contributed by atoms with van der Waals surface area (Å²) < 4.78 is 14.4. The minimum Gasteiger partial charge on any atom is -0.269 e. The van der Waals surface area contributed by atoms with Crippen LogP contribution in [-0.4, -0.2) is 10.3 Å². The van der Waals surface area contributed by atoms with Gasteiger partial charge in [-0.3, -0.25) is 4.99 Å². The molecule has 1 aliphatic carbocycles. The van der Waals surface area contributed by atoms with Crippen molar-refractivity contribution in [2.24, 2.45) is 10.9 Å². The van der Waals surface area contributed by atoms with Crippen LogP contribution in [0.2, 0.25) is 5.02 Å². The lowest BCUT2D eigenvalue weighted by Gasteiger charge is -2.32. The highest BCUT2D eigenvalue weighted by molar-refractivity contribution is 8.15. The van der Waals surface area contributed by atoms with Gasteiger partial charge >= 0.3 is 0 Å². The average molecular weight is 360 g/mol. The number of rotatable bonds is 2. The van der Waals surface area contributed by atoms with Gasteiger partial charge in [-0.25, -0.2) is 4.39 Å². The number of hydrogen-bond donors (Lipinski definition) is 0. The molecule has 0 spiro atoms. The van der Waals surface area contributed by atoms with Crippen molar-refractivity contribution in [2.75, 3.05) is 0 Å². The maximum atomic E-state index is 14.4. The third kappa shape index (κ3) is 2.89. The third-order valence-corrected chi connectivity index (χ3v) is 6.76. The summed E-state index contributed by atoms with van der Waals surface area (Å²) in [6.07, 6.45) is 3.58. The van der Waals surface area contributed by atoms with Gasteiger partial charge in [-0.2, -0.15) is 0 Å². The van der Waals surface area contributed by atoms with Crippen molar-refractivity contribution >= 4 is 28.4 Å². The van der Waals surface area contributed by atoms with Crippen LogP contribution >= 0.6 is 23.4 Å². The number of halogens is 2. The third-order valence-electron chi connectivity index (χ3n) is 5.02. The van der Waals surface area contributed by atoms with Crippen molar-refractivity contribution in [1.29, 1.82) is 0 Å². The lowest BCUT2D eigenvalue weighted by Crippen LogP contribution is -2.26. The number of hydrogen-bond acceptors (Lipinski definition) is 2. The first-order chi connectivity index (χ1) is 11.6. The number of thioether (sulfide) groups is 1. The van der Waals surface area contributed by atoms with Gasteiger partial charge in [-0.1, -0.05) is 53.9 Å². The van der Waals surface area contributed by atoms with Gasteiger partial charge in [0.2, 0.25) is 0 Å². The van der Waals surface area contributed by atoms with Crippen LogP contribution in [0, 0.1) is 18.7 Å². The zero-order chi connectivity index (χ0) is 16.7. The number of benzene rings is 2. The molecule has 0 aromatic heterocycles. The SMILES string of the molecule is Cc1ccc(C2N=C(c3c(F)cccc3Cl)SC3CCCC32)cc1. The van der Waals surface area contributed by atoms with Gasteiger partial charge in [0.05, 0.1) is 16.6 Å². The van der Waals surface area contributed by atoms with Crippen LogP contribution in [-0.2, 0) is 0 Å². The molecule has 0 amide bonds. The van der Waals surface area contributed by atoms with Crippen molar-refractivity contribution in [2.45, 2.75) is 37.5 Å². The minimum absolute atomic E-state index is 0.102. The Labute approximate surface area is 151 Å². The Morgan fingerprint density at radius 1 is 1.12 bits per heavy atom. The molecule has 1 aliphatic heterocycles. The Hall–Kier alpha value is -1.32. The van der Waals surface area contributed by atoms with Crippen LogP contribution in [0.25, 0.3) is 0 Å². The van der Waals surface area contributed by atoms with Gasteiger partial charge in [0, 0.05) is 5.25 Å². The van der Waals surface area contributed by atoms with Crippen LogP contribution in [0.4, 0.5) is 4.39 Å². The summed E-state index contributed by atoms with van der Waals surface area (Å²) in [6, 6.07) is 13.5.